The minimum Gasteiger partial charge on any atom is -0.166 e. The predicted molar refractivity (Wildman–Crippen MR) is 87.9 cm³/mol. The second-order valence-corrected chi connectivity index (χ2v) is 6.56. The van der Waals surface area contributed by atoms with Crippen LogP contribution in [0.1, 0.15) is 69.4 Å². The van der Waals surface area contributed by atoms with Crippen molar-refractivity contribution in [2.24, 2.45) is 11.8 Å². The Balaban J connectivity index is 1.82. The fourth-order valence-electron chi connectivity index (χ4n) is 3.21. The molecule has 0 spiro atoms. The van der Waals surface area contributed by atoms with Crippen molar-refractivity contribution in [2.45, 2.75) is 64.5 Å². The highest BCUT2D eigenvalue weighted by molar-refractivity contribution is 5.37. The maximum atomic E-state index is 12.5. The van der Waals surface area contributed by atoms with E-state index in [-0.39, 0.29) is 0 Å². The molecule has 126 valence electrons. The zero-order valence-electron chi connectivity index (χ0n) is 13.8. The molecule has 1 aliphatic carbocycles. The van der Waals surface area contributed by atoms with Gasteiger partial charge in [-0.15, -0.1) is 0 Å². The van der Waals surface area contributed by atoms with Crippen LogP contribution in [0.3, 0.4) is 0 Å². The summed E-state index contributed by atoms with van der Waals surface area (Å²) in [6.07, 6.45) is 5.75. The van der Waals surface area contributed by atoms with E-state index in [1.165, 1.54) is 50.7 Å². The number of alkyl halides is 3. The second kappa shape index (κ2) is 8.43. The van der Waals surface area contributed by atoms with Gasteiger partial charge >= 0.3 is 6.18 Å². The van der Waals surface area contributed by atoms with Gasteiger partial charge in [0.1, 0.15) is 0 Å². The zero-order valence-corrected chi connectivity index (χ0v) is 13.8. The van der Waals surface area contributed by atoms with Crippen LogP contribution in [0, 0.1) is 23.7 Å². The molecule has 1 fully saturated rings. The van der Waals surface area contributed by atoms with E-state index in [2.05, 4.69) is 18.8 Å². The summed E-state index contributed by atoms with van der Waals surface area (Å²) in [7, 11) is 0. The van der Waals surface area contributed by atoms with Gasteiger partial charge in [-0.3, -0.25) is 0 Å². The van der Waals surface area contributed by atoms with E-state index in [1.54, 1.807) is 0 Å². The average Bonchev–Trinajstić information content (AvgIpc) is 2.54. The third kappa shape index (κ3) is 5.94. The molecule has 0 N–H and O–H groups in total. The highest BCUT2D eigenvalue weighted by atomic mass is 19.4. The molecule has 0 atom stereocenters. The lowest BCUT2D eigenvalue weighted by Gasteiger charge is -2.25. The minimum atomic E-state index is -4.28. The molecule has 0 saturated heterocycles. The van der Waals surface area contributed by atoms with Crippen LogP contribution in [0.4, 0.5) is 13.2 Å². The summed E-state index contributed by atoms with van der Waals surface area (Å²) in [5.41, 5.74) is 0.0544. The highest BCUT2D eigenvalue weighted by Crippen LogP contribution is 2.32. The lowest BCUT2D eigenvalue weighted by molar-refractivity contribution is -0.137. The Morgan fingerprint density at radius 3 is 2.22 bits per heavy atom. The molecule has 3 heteroatoms. The van der Waals surface area contributed by atoms with Gasteiger partial charge in [-0.05, 0) is 55.9 Å². The number of unbranched alkanes of at least 4 members (excludes halogenated alkanes) is 2. The monoisotopic (exact) mass is 322 g/mol. The van der Waals surface area contributed by atoms with E-state index in [1.807, 2.05) is 0 Å². The summed E-state index contributed by atoms with van der Waals surface area (Å²) < 4.78 is 37.5. The first-order valence-corrected chi connectivity index (χ1v) is 8.68. The highest BCUT2D eigenvalue weighted by Gasteiger charge is 2.29. The fraction of sp³-hybridized carbons (Fsp3) is 0.600. The zero-order chi connectivity index (χ0) is 16.7. The van der Waals surface area contributed by atoms with Crippen LogP contribution in [-0.4, -0.2) is 0 Å². The lowest BCUT2D eigenvalue weighted by atomic mass is 9.80. The van der Waals surface area contributed by atoms with Gasteiger partial charge < -0.3 is 0 Å². The van der Waals surface area contributed by atoms with Gasteiger partial charge in [0.15, 0.2) is 0 Å². The Labute approximate surface area is 137 Å². The Hall–Kier alpha value is -1.43. The van der Waals surface area contributed by atoms with E-state index in [0.29, 0.717) is 11.5 Å². The number of halogens is 3. The fourth-order valence-corrected chi connectivity index (χ4v) is 3.21. The van der Waals surface area contributed by atoms with Gasteiger partial charge in [-0.25, -0.2) is 0 Å². The quantitative estimate of drug-likeness (QED) is 0.442. The molecule has 0 amide bonds. The number of hydrogen-bond acceptors (Lipinski definition) is 0. The van der Waals surface area contributed by atoms with Crippen molar-refractivity contribution in [1.82, 2.24) is 0 Å². The van der Waals surface area contributed by atoms with Gasteiger partial charge in [0.05, 0.1) is 5.56 Å². The van der Waals surface area contributed by atoms with Crippen LogP contribution >= 0.6 is 0 Å². The molecule has 0 aromatic heterocycles. The number of rotatable bonds is 4. The molecule has 1 aromatic carbocycles. The van der Waals surface area contributed by atoms with E-state index in [9.17, 15) is 13.2 Å². The van der Waals surface area contributed by atoms with Crippen molar-refractivity contribution in [3.63, 3.8) is 0 Å². The van der Waals surface area contributed by atoms with Crippen LogP contribution in [0.2, 0.25) is 0 Å². The van der Waals surface area contributed by atoms with Gasteiger partial charge in [-0.2, -0.15) is 13.2 Å². The van der Waals surface area contributed by atoms with Crippen LogP contribution in [0.25, 0.3) is 0 Å². The Bertz CT molecular complexity index is 523. The molecule has 1 saturated carbocycles. The van der Waals surface area contributed by atoms with Crippen molar-refractivity contribution in [1.29, 1.82) is 0 Å². The van der Waals surface area contributed by atoms with Crippen molar-refractivity contribution in [2.75, 3.05) is 0 Å². The smallest absolute Gasteiger partial charge is 0.166 e. The molecule has 1 aliphatic rings. The molecule has 0 radical (unpaired) electrons. The van der Waals surface area contributed by atoms with E-state index in [0.717, 1.165) is 30.9 Å². The summed E-state index contributed by atoms with van der Waals surface area (Å²) in [5.74, 6) is 7.55. The van der Waals surface area contributed by atoms with Crippen molar-refractivity contribution >= 4 is 0 Å². The molecule has 0 unspecified atom stereocenters. The first-order valence-electron chi connectivity index (χ1n) is 8.68. The Morgan fingerprint density at radius 1 is 1.00 bits per heavy atom. The Kier molecular flexibility index (Phi) is 6.57. The van der Waals surface area contributed by atoms with Crippen molar-refractivity contribution in [3.8, 4) is 11.8 Å². The minimum absolute atomic E-state index is 0.403. The normalized spacial score (nSPS) is 21.6. The molecule has 23 heavy (non-hydrogen) atoms. The van der Waals surface area contributed by atoms with Crippen LogP contribution in [-0.2, 0) is 6.18 Å². The molecule has 0 aliphatic heterocycles. The van der Waals surface area contributed by atoms with E-state index in [4.69, 9.17) is 0 Å². The first kappa shape index (κ1) is 17.9. The Morgan fingerprint density at radius 2 is 1.65 bits per heavy atom. The molecule has 0 heterocycles. The third-order valence-electron chi connectivity index (χ3n) is 4.70. The van der Waals surface area contributed by atoms with Gasteiger partial charge in [-0.1, -0.05) is 44.4 Å². The predicted octanol–water partition coefficient (Wildman–Crippen LogP) is 6.44. The summed E-state index contributed by atoms with van der Waals surface area (Å²) in [6, 6.07) is 5.14. The number of benzene rings is 1. The lowest BCUT2D eigenvalue weighted by Crippen LogP contribution is -2.13. The first-order chi connectivity index (χ1) is 11.0. The molecule has 0 bridgehead atoms. The maximum Gasteiger partial charge on any atom is 0.416 e. The van der Waals surface area contributed by atoms with Crippen LogP contribution < -0.4 is 0 Å². The van der Waals surface area contributed by atoms with E-state index >= 15 is 0 Å². The topological polar surface area (TPSA) is 0 Å². The molecule has 1 aromatic rings. The van der Waals surface area contributed by atoms with Crippen molar-refractivity contribution < 1.29 is 13.2 Å². The van der Waals surface area contributed by atoms with Crippen LogP contribution in [0.5, 0.6) is 0 Å². The molecular formula is C20H25F3. The molecule has 0 nitrogen and oxygen atoms in total. The average molecular weight is 322 g/mol. The summed E-state index contributed by atoms with van der Waals surface area (Å²) >= 11 is 0. The molecular weight excluding hydrogens is 297 g/mol. The van der Waals surface area contributed by atoms with Crippen LogP contribution in [0.15, 0.2) is 24.3 Å². The second-order valence-electron chi connectivity index (χ2n) is 6.56. The molecule has 2 rings (SSSR count). The summed E-state index contributed by atoms with van der Waals surface area (Å²) in [6.45, 7) is 2.23. The summed E-state index contributed by atoms with van der Waals surface area (Å²) in [5, 5.41) is 0. The van der Waals surface area contributed by atoms with Gasteiger partial charge in [0.2, 0.25) is 0 Å². The standard InChI is InChI=1S/C20H25F3/c1-2-3-4-5-16-6-8-17(9-7-16)10-11-18-12-14-19(15-13-18)20(21,22)23/h12-17H,2-9H2,1H3/t16-,17-. The SMILES string of the molecule is CCCCC[C@H]1CC[C@H](C#Cc2ccc(C(F)(F)F)cc2)CC1. The van der Waals surface area contributed by atoms with Crippen molar-refractivity contribution in [3.05, 3.63) is 35.4 Å². The summed E-state index contributed by atoms with van der Waals surface area (Å²) in [4.78, 5) is 0. The van der Waals surface area contributed by atoms with Gasteiger partial charge in [0.25, 0.3) is 0 Å². The van der Waals surface area contributed by atoms with E-state index < -0.39 is 11.7 Å². The van der Waals surface area contributed by atoms with Gasteiger partial charge in [0, 0.05) is 11.5 Å². The maximum absolute atomic E-state index is 12.5. The largest absolute Gasteiger partial charge is 0.416 e. The number of hydrogen-bond donors (Lipinski definition) is 0. The third-order valence-corrected chi connectivity index (χ3v) is 4.70.